The van der Waals surface area contributed by atoms with Crippen molar-refractivity contribution in [2.45, 2.75) is 30.6 Å². The van der Waals surface area contributed by atoms with E-state index in [0.717, 1.165) is 48.7 Å². The molecule has 200 valence electrons. The van der Waals surface area contributed by atoms with E-state index in [0.29, 0.717) is 15.8 Å². The number of carbonyl (C=O) groups is 1. The van der Waals surface area contributed by atoms with E-state index in [1.54, 1.807) is 31.2 Å². The largest absolute Gasteiger partial charge is 0.422 e. The van der Waals surface area contributed by atoms with Crippen molar-refractivity contribution in [3.05, 3.63) is 102 Å². The van der Waals surface area contributed by atoms with Gasteiger partial charge in [0.1, 0.15) is 11.3 Å². The van der Waals surface area contributed by atoms with E-state index >= 15 is 0 Å². The lowest BCUT2D eigenvalue weighted by Crippen LogP contribution is -2.21. The second kappa shape index (κ2) is 11.4. The van der Waals surface area contributed by atoms with Gasteiger partial charge >= 0.3 is 11.6 Å². The van der Waals surface area contributed by atoms with Crippen LogP contribution in [0.5, 0.6) is 5.75 Å². The van der Waals surface area contributed by atoms with E-state index in [2.05, 4.69) is 4.90 Å². The fourth-order valence-corrected chi connectivity index (χ4v) is 5.14. The monoisotopic (exact) mass is 549 g/mol. The fraction of sp³-hybridized carbons (Fsp3) is 0.185. The summed E-state index contributed by atoms with van der Waals surface area (Å²) < 4.78 is 11.0. The van der Waals surface area contributed by atoms with Crippen molar-refractivity contribution in [3.63, 3.8) is 0 Å². The number of aryl methyl sites for hydroxylation is 1. The van der Waals surface area contributed by atoms with Crippen LogP contribution in [0.2, 0.25) is 0 Å². The molecule has 4 rings (SSSR count). The number of fused-ring (bicyclic) bond motifs is 1. The van der Waals surface area contributed by atoms with Crippen molar-refractivity contribution >= 4 is 45.8 Å². The molecule has 1 aromatic heterocycles. The van der Waals surface area contributed by atoms with Crippen molar-refractivity contribution in [1.82, 2.24) is 0 Å². The summed E-state index contributed by atoms with van der Waals surface area (Å²) in [5.41, 5.74) is 0.262. The summed E-state index contributed by atoms with van der Waals surface area (Å²) in [6.07, 6.45) is 0. The summed E-state index contributed by atoms with van der Waals surface area (Å²) >= 11 is 0.921. The van der Waals surface area contributed by atoms with Crippen molar-refractivity contribution in [1.29, 1.82) is 0 Å². The Labute approximate surface area is 226 Å². The van der Waals surface area contributed by atoms with Crippen LogP contribution in [-0.2, 0) is 0 Å². The lowest BCUT2D eigenvalue weighted by Gasteiger charge is -2.21. The van der Waals surface area contributed by atoms with Crippen LogP contribution >= 0.6 is 11.8 Å². The van der Waals surface area contributed by atoms with Gasteiger partial charge in [0.2, 0.25) is 0 Å². The summed E-state index contributed by atoms with van der Waals surface area (Å²) in [5, 5.41) is 23.2. The van der Waals surface area contributed by atoms with Crippen molar-refractivity contribution < 1.29 is 23.8 Å². The van der Waals surface area contributed by atoms with Gasteiger partial charge in [-0.1, -0.05) is 23.9 Å². The maximum absolute atomic E-state index is 13.4. The number of hydrogen-bond acceptors (Lipinski definition) is 10. The summed E-state index contributed by atoms with van der Waals surface area (Å²) in [6.45, 7) is 7.23. The minimum atomic E-state index is -0.787. The molecule has 0 aliphatic heterocycles. The first-order valence-electron chi connectivity index (χ1n) is 11.9. The summed E-state index contributed by atoms with van der Waals surface area (Å²) in [5.74, 6) is -0.776. The molecule has 0 fully saturated rings. The highest BCUT2D eigenvalue weighted by Crippen LogP contribution is 2.40. The fourth-order valence-electron chi connectivity index (χ4n) is 4.05. The second-order valence-electron chi connectivity index (χ2n) is 8.39. The Morgan fingerprint density at radius 3 is 2.41 bits per heavy atom. The van der Waals surface area contributed by atoms with Gasteiger partial charge in [-0.3, -0.25) is 20.2 Å². The van der Waals surface area contributed by atoms with Crippen molar-refractivity contribution in [2.75, 3.05) is 18.0 Å². The Bertz CT molecular complexity index is 1660. The van der Waals surface area contributed by atoms with Crippen molar-refractivity contribution in [3.8, 4) is 5.75 Å². The highest BCUT2D eigenvalue weighted by molar-refractivity contribution is 7.99. The zero-order chi connectivity index (χ0) is 28.3. The number of anilines is 1. The zero-order valence-corrected chi connectivity index (χ0v) is 22.0. The van der Waals surface area contributed by atoms with Crippen molar-refractivity contribution in [2.24, 2.45) is 0 Å². The Morgan fingerprint density at radius 1 is 1.00 bits per heavy atom. The number of hydrogen-bond donors (Lipinski definition) is 0. The van der Waals surface area contributed by atoms with Crippen LogP contribution in [0.4, 0.5) is 17.1 Å². The van der Waals surface area contributed by atoms with Crippen LogP contribution < -0.4 is 15.3 Å². The van der Waals surface area contributed by atoms with Gasteiger partial charge in [-0.2, -0.15) is 0 Å². The maximum Gasteiger partial charge on any atom is 0.344 e. The lowest BCUT2D eigenvalue weighted by molar-refractivity contribution is -0.396. The normalized spacial score (nSPS) is 10.8. The second-order valence-corrected chi connectivity index (χ2v) is 9.44. The Balaban J connectivity index is 1.72. The predicted molar refractivity (Wildman–Crippen MR) is 146 cm³/mol. The standard InChI is InChI=1S/C27H23N3O8S/c1-4-28(5-2)17-9-11-19-22(14-17)37-25(31)15-23(19)38-27(32)20-8-6-7-16(3)26(20)39-24-12-10-18(29(33)34)13-21(24)30(35)36/h6-15H,4-5H2,1-3H3. The summed E-state index contributed by atoms with van der Waals surface area (Å²) in [6, 6.07) is 14.5. The highest BCUT2D eigenvalue weighted by atomic mass is 32.2. The molecule has 4 aromatic rings. The van der Waals surface area contributed by atoms with Gasteiger partial charge in [-0.25, -0.2) is 9.59 Å². The number of ether oxygens (including phenoxy) is 1. The molecular weight excluding hydrogens is 526 g/mol. The number of nitro benzene ring substituents is 2. The molecule has 0 N–H and O–H groups in total. The van der Waals surface area contributed by atoms with Gasteiger partial charge in [-0.05, 0) is 50.6 Å². The van der Waals surface area contributed by atoms with Crippen LogP contribution in [0.1, 0.15) is 29.8 Å². The number of carbonyl (C=O) groups excluding carboxylic acids is 1. The van der Waals surface area contributed by atoms with E-state index < -0.39 is 32.8 Å². The molecule has 0 aliphatic carbocycles. The van der Waals surface area contributed by atoms with Crippen LogP contribution in [-0.4, -0.2) is 28.9 Å². The first-order valence-corrected chi connectivity index (χ1v) is 12.7. The van der Waals surface area contributed by atoms with Gasteiger partial charge in [0.25, 0.3) is 11.4 Å². The number of benzene rings is 3. The van der Waals surface area contributed by atoms with Gasteiger partial charge in [-0.15, -0.1) is 0 Å². The molecule has 0 spiro atoms. The molecule has 0 saturated carbocycles. The Hall–Kier alpha value is -4.71. The van der Waals surface area contributed by atoms with E-state index in [1.165, 1.54) is 12.1 Å². The first-order chi connectivity index (χ1) is 18.6. The van der Waals surface area contributed by atoms with E-state index in [4.69, 9.17) is 9.15 Å². The average molecular weight is 550 g/mol. The summed E-state index contributed by atoms with van der Waals surface area (Å²) in [4.78, 5) is 49.5. The molecule has 39 heavy (non-hydrogen) atoms. The average Bonchev–Trinajstić information content (AvgIpc) is 2.90. The molecular formula is C27H23N3O8S. The topological polar surface area (TPSA) is 146 Å². The molecule has 1 heterocycles. The molecule has 0 unspecified atom stereocenters. The zero-order valence-electron chi connectivity index (χ0n) is 21.2. The Morgan fingerprint density at radius 2 is 1.74 bits per heavy atom. The SMILES string of the molecule is CCN(CC)c1ccc2c(OC(=O)c3cccc(C)c3Sc3ccc([N+](=O)[O-])cc3[N+](=O)[O-])cc(=O)oc2c1. The van der Waals surface area contributed by atoms with Gasteiger partial charge in [0.05, 0.1) is 37.8 Å². The Kier molecular flexibility index (Phi) is 7.96. The van der Waals surface area contributed by atoms with Crippen LogP contribution in [0.3, 0.4) is 0 Å². The smallest absolute Gasteiger partial charge is 0.344 e. The van der Waals surface area contributed by atoms with Gasteiger partial charge < -0.3 is 14.1 Å². The number of esters is 1. The third-order valence-corrected chi connectivity index (χ3v) is 7.33. The first kappa shape index (κ1) is 27.3. The van der Waals surface area contributed by atoms with Crippen LogP contribution in [0.25, 0.3) is 11.0 Å². The highest BCUT2D eigenvalue weighted by Gasteiger charge is 2.24. The molecule has 11 nitrogen and oxygen atoms in total. The molecule has 0 bridgehead atoms. The minimum absolute atomic E-state index is 0.0103. The number of nitro groups is 2. The maximum atomic E-state index is 13.4. The molecule has 0 aliphatic rings. The molecule has 12 heteroatoms. The van der Waals surface area contributed by atoms with Gasteiger partial charge in [0, 0.05) is 35.8 Å². The molecule has 0 amide bonds. The number of nitrogens with zero attached hydrogens (tertiary/aromatic N) is 3. The lowest BCUT2D eigenvalue weighted by atomic mass is 10.1. The summed E-state index contributed by atoms with van der Waals surface area (Å²) in [7, 11) is 0. The van der Waals surface area contributed by atoms with E-state index in [-0.39, 0.29) is 21.8 Å². The van der Waals surface area contributed by atoms with Crippen LogP contribution in [0.15, 0.2) is 79.7 Å². The molecule has 3 aromatic carbocycles. The van der Waals surface area contributed by atoms with E-state index in [9.17, 15) is 29.8 Å². The predicted octanol–water partition coefficient (Wildman–Crippen LogP) is 6.13. The third-order valence-electron chi connectivity index (χ3n) is 6.02. The molecule has 0 atom stereocenters. The molecule has 0 radical (unpaired) electrons. The number of rotatable bonds is 9. The van der Waals surface area contributed by atoms with Gasteiger partial charge in [0.15, 0.2) is 0 Å². The molecule has 0 saturated heterocycles. The number of non-ortho nitro benzene ring substituents is 1. The minimum Gasteiger partial charge on any atom is -0.422 e. The third kappa shape index (κ3) is 5.75. The quantitative estimate of drug-likeness (QED) is 0.103. The van der Waals surface area contributed by atoms with E-state index in [1.807, 2.05) is 19.9 Å². The van der Waals surface area contributed by atoms with Crippen LogP contribution in [0, 0.1) is 27.2 Å².